The van der Waals surface area contributed by atoms with Crippen LogP contribution in [-0.2, 0) is 0 Å². The number of likely N-dealkylation sites (N-methyl/N-ethyl adjacent to an activating group) is 1. The average molecular weight is 425 g/mol. The highest BCUT2D eigenvalue weighted by Gasteiger charge is 2.41. The molecule has 5 nitrogen and oxygen atoms in total. The van der Waals surface area contributed by atoms with E-state index >= 15 is 0 Å². The minimum Gasteiger partial charge on any atom is -0.452 e. The Morgan fingerprint density at radius 3 is 2.62 bits per heavy atom. The van der Waals surface area contributed by atoms with Crippen LogP contribution in [0.5, 0.6) is 0 Å². The van der Waals surface area contributed by atoms with E-state index in [-0.39, 0.29) is 12.1 Å². The zero-order valence-electron chi connectivity index (χ0n) is 16.5. The minimum absolute atomic E-state index is 0.0394. The Balaban J connectivity index is 1.63. The number of aromatic nitrogens is 1. The molecular weight excluding hydrogens is 400 g/mol. The second-order valence-corrected chi connectivity index (χ2v) is 8.66. The summed E-state index contributed by atoms with van der Waals surface area (Å²) in [6.45, 7) is 1.72. The van der Waals surface area contributed by atoms with Crippen molar-refractivity contribution in [3.8, 4) is 0 Å². The lowest BCUT2D eigenvalue weighted by molar-refractivity contribution is 0.239. The highest BCUT2D eigenvalue weighted by Crippen LogP contribution is 2.40. The molecule has 0 bridgehead atoms. The third-order valence-corrected chi connectivity index (χ3v) is 6.12. The van der Waals surface area contributed by atoms with E-state index in [1.807, 2.05) is 48.7 Å². The van der Waals surface area contributed by atoms with Gasteiger partial charge in [0.15, 0.2) is 10.2 Å². The van der Waals surface area contributed by atoms with Crippen LogP contribution in [0, 0.1) is 0 Å². The van der Waals surface area contributed by atoms with Gasteiger partial charge in [-0.25, -0.2) is 0 Å². The average Bonchev–Trinajstić information content (AvgIpc) is 3.31. The summed E-state index contributed by atoms with van der Waals surface area (Å²) < 4.78 is 6.29. The summed E-state index contributed by atoms with van der Waals surface area (Å²) in [7, 11) is 4.14. The van der Waals surface area contributed by atoms with E-state index < -0.39 is 0 Å². The molecule has 0 spiro atoms. The van der Waals surface area contributed by atoms with Crippen LogP contribution in [0.2, 0.25) is 0 Å². The van der Waals surface area contributed by atoms with Gasteiger partial charge in [-0.1, -0.05) is 36.0 Å². The number of hydrogen-bond acceptors (Lipinski definition) is 5. The normalized spacial score (nSPS) is 19.0. The standard InChI is InChI=1S/C22H24N4OS2/c1-25(2)14-15-26-21(20(24-22(26)28)17-10-6-7-13-23-17)18-11-12-19(27-18)29-16-8-4-3-5-9-16/h3-13,20-21H,14-15H2,1-2H3,(H,24,28)/t20-,21-/m0/s1. The first-order valence-corrected chi connectivity index (χ1v) is 10.8. The first-order valence-electron chi connectivity index (χ1n) is 9.57. The lowest BCUT2D eigenvalue weighted by Crippen LogP contribution is -2.35. The monoisotopic (exact) mass is 424 g/mol. The number of nitrogens with one attached hydrogen (secondary N) is 1. The molecule has 2 aromatic heterocycles. The fraction of sp³-hybridized carbons (Fsp3) is 0.273. The molecule has 1 saturated heterocycles. The van der Waals surface area contributed by atoms with E-state index in [9.17, 15) is 0 Å². The largest absolute Gasteiger partial charge is 0.452 e. The van der Waals surface area contributed by atoms with Crippen LogP contribution in [0.1, 0.15) is 23.5 Å². The van der Waals surface area contributed by atoms with Crippen molar-refractivity contribution in [2.24, 2.45) is 0 Å². The highest BCUT2D eigenvalue weighted by atomic mass is 32.2. The topological polar surface area (TPSA) is 44.5 Å². The van der Waals surface area contributed by atoms with E-state index in [0.29, 0.717) is 0 Å². The second-order valence-electron chi connectivity index (χ2n) is 7.20. The molecule has 0 unspecified atom stereocenters. The zero-order chi connectivity index (χ0) is 20.2. The van der Waals surface area contributed by atoms with Crippen molar-refractivity contribution >= 4 is 29.1 Å². The highest BCUT2D eigenvalue weighted by molar-refractivity contribution is 7.99. The van der Waals surface area contributed by atoms with Crippen molar-refractivity contribution in [2.45, 2.75) is 22.1 Å². The van der Waals surface area contributed by atoms with Gasteiger partial charge in [0.05, 0.1) is 11.7 Å². The van der Waals surface area contributed by atoms with Gasteiger partial charge in [-0.3, -0.25) is 4.98 Å². The first kappa shape index (κ1) is 19.9. The molecule has 0 radical (unpaired) electrons. The molecule has 7 heteroatoms. The molecule has 3 heterocycles. The van der Waals surface area contributed by atoms with E-state index in [1.165, 1.54) is 0 Å². The molecule has 3 aromatic rings. The van der Waals surface area contributed by atoms with Crippen LogP contribution in [0.25, 0.3) is 0 Å². The van der Waals surface area contributed by atoms with Crippen molar-refractivity contribution in [1.29, 1.82) is 0 Å². The molecule has 0 saturated carbocycles. The van der Waals surface area contributed by atoms with Gasteiger partial charge in [-0.15, -0.1) is 0 Å². The Morgan fingerprint density at radius 2 is 1.90 bits per heavy atom. The molecule has 0 amide bonds. The van der Waals surface area contributed by atoms with E-state index in [0.717, 1.165) is 39.6 Å². The number of hydrogen-bond donors (Lipinski definition) is 1. The molecule has 150 valence electrons. The fourth-order valence-electron chi connectivity index (χ4n) is 3.42. The molecular formula is C22H24N4OS2. The third-order valence-electron chi connectivity index (χ3n) is 4.84. The van der Waals surface area contributed by atoms with E-state index in [1.54, 1.807) is 11.8 Å². The molecule has 0 aliphatic carbocycles. The van der Waals surface area contributed by atoms with Crippen molar-refractivity contribution in [2.75, 3.05) is 27.2 Å². The van der Waals surface area contributed by atoms with Crippen LogP contribution in [0.3, 0.4) is 0 Å². The van der Waals surface area contributed by atoms with Crippen molar-refractivity contribution in [3.05, 3.63) is 78.3 Å². The predicted octanol–water partition coefficient (Wildman–Crippen LogP) is 4.36. The summed E-state index contributed by atoms with van der Waals surface area (Å²) in [4.78, 5) is 10.1. The van der Waals surface area contributed by atoms with Gasteiger partial charge >= 0.3 is 0 Å². The van der Waals surface area contributed by atoms with Crippen LogP contribution < -0.4 is 5.32 Å². The smallest absolute Gasteiger partial charge is 0.170 e. The van der Waals surface area contributed by atoms with Crippen molar-refractivity contribution in [3.63, 3.8) is 0 Å². The number of rotatable bonds is 7. The lowest BCUT2D eigenvalue weighted by Gasteiger charge is -2.27. The molecule has 1 aliphatic rings. The Bertz CT molecular complexity index is 946. The first-order chi connectivity index (χ1) is 14.1. The molecule has 4 rings (SSSR count). The van der Waals surface area contributed by atoms with Crippen molar-refractivity contribution in [1.82, 2.24) is 20.1 Å². The maximum absolute atomic E-state index is 6.29. The van der Waals surface area contributed by atoms with Gasteiger partial charge in [0.25, 0.3) is 0 Å². The Morgan fingerprint density at radius 1 is 1.10 bits per heavy atom. The van der Waals surface area contributed by atoms with Gasteiger partial charge in [-0.2, -0.15) is 0 Å². The minimum atomic E-state index is -0.0495. The zero-order valence-corrected chi connectivity index (χ0v) is 18.1. The van der Waals surface area contributed by atoms with Gasteiger partial charge in [0, 0.05) is 24.2 Å². The Kier molecular flexibility index (Phi) is 6.18. The number of pyridine rings is 1. The van der Waals surface area contributed by atoms with Crippen LogP contribution in [-0.4, -0.2) is 47.1 Å². The number of thiocarbonyl (C=S) groups is 1. The number of benzene rings is 1. The van der Waals surface area contributed by atoms with E-state index in [2.05, 4.69) is 52.4 Å². The predicted molar refractivity (Wildman–Crippen MR) is 120 cm³/mol. The number of furan rings is 1. The molecule has 29 heavy (non-hydrogen) atoms. The van der Waals surface area contributed by atoms with Gasteiger partial charge in [0.1, 0.15) is 11.8 Å². The summed E-state index contributed by atoms with van der Waals surface area (Å²) in [6, 6.07) is 20.2. The van der Waals surface area contributed by atoms with Gasteiger partial charge in [-0.05, 0) is 62.7 Å². The maximum atomic E-state index is 6.29. The molecule has 1 aromatic carbocycles. The Hall–Kier alpha value is -2.35. The fourth-order valence-corrected chi connectivity index (χ4v) is 4.55. The van der Waals surface area contributed by atoms with Crippen LogP contribution >= 0.6 is 24.0 Å². The van der Waals surface area contributed by atoms with E-state index in [4.69, 9.17) is 16.6 Å². The van der Waals surface area contributed by atoms with Crippen LogP contribution in [0.15, 0.2) is 81.3 Å². The SMILES string of the molecule is CN(C)CCN1C(=S)N[C@@H](c2ccccn2)[C@@H]1c1ccc(Sc2ccccc2)o1. The summed E-state index contributed by atoms with van der Waals surface area (Å²) in [6.07, 6.45) is 1.82. The van der Waals surface area contributed by atoms with Gasteiger partial charge < -0.3 is 19.5 Å². The Labute approximate surface area is 181 Å². The van der Waals surface area contributed by atoms with Gasteiger partial charge in [0.2, 0.25) is 0 Å². The summed E-state index contributed by atoms with van der Waals surface area (Å²) in [5, 5.41) is 5.07. The summed E-state index contributed by atoms with van der Waals surface area (Å²) in [5.74, 6) is 0.894. The quantitative estimate of drug-likeness (QED) is 0.565. The maximum Gasteiger partial charge on any atom is 0.170 e. The van der Waals surface area contributed by atoms with Crippen LogP contribution in [0.4, 0.5) is 0 Å². The molecule has 2 atom stereocenters. The third kappa shape index (κ3) is 4.63. The molecule has 1 fully saturated rings. The number of nitrogens with zero attached hydrogens (tertiary/aromatic N) is 3. The molecule has 1 aliphatic heterocycles. The summed E-state index contributed by atoms with van der Waals surface area (Å²) in [5.41, 5.74) is 0.959. The second kappa shape index (κ2) is 8.98. The lowest BCUT2D eigenvalue weighted by atomic mass is 10.0. The summed E-state index contributed by atoms with van der Waals surface area (Å²) >= 11 is 7.30. The van der Waals surface area contributed by atoms with Crippen molar-refractivity contribution < 1.29 is 4.42 Å². The molecule has 1 N–H and O–H groups in total.